The molecular formula is C17H24N2O2. The summed E-state index contributed by atoms with van der Waals surface area (Å²) in [4.78, 5) is 0. The Balaban J connectivity index is 1.70. The highest BCUT2D eigenvalue weighted by molar-refractivity contribution is 5.57. The normalized spacial score (nSPS) is 23.3. The van der Waals surface area contributed by atoms with E-state index in [0.717, 1.165) is 24.4 Å². The molecule has 1 unspecified atom stereocenters. The minimum Gasteiger partial charge on any atom is -0.389 e. The molecule has 4 nitrogen and oxygen atoms in total. The second-order valence-corrected chi connectivity index (χ2v) is 5.91. The molecule has 21 heavy (non-hydrogen) atoms. The van der Waals surface area contributed by atoms with Gasteiger partial charge in [0, 0.05) is 6.54 Å². The van der Waals surface area contributed by atoms with Crippen molar-refractivity contribution in [3.63, 3.8) is 0 Å². The lowest BCUT2D eigenvalue weighted by Crippen LogP contribution is -2.29. The maximum absolute atomic E-state index is 9.99. The Hall–Kier alpha value is -1.57. The van der Waals surface area contributed by atoms with Crippen molar-refractivity contribution in [2.45, 2.75) is 44.8 Å². The number of nitrogens with one attached hydrogen (secondary N) is 1. The van der Waals surface area contributed by atoms with Crippen LogP contribution in [0.1, 0.15) is 38.2 Å². The van der Waals surface area contributed by atoms with E-state index in [4.69, 9.17) is 10.00 Å². The lowest BCUT2D eigenvalue weighted by molar-refractivity contribution is -0.0245. The molecule has 0 spiro atoms. The van der Waals surface area contributed by atoms with Crippen molar-refractivity contribution in [1.82, 2.24) is 0 Å². The van der Waals surface area contributed by atoms with Gasteiger partial charge < -0.3 is 15.2 Å². The summed E-state index contributed by atoms with van der Waals surface area (Å²) in [5.74, 6) is 0.805. The van der Waals surface area contributed by atoms with Gasteiger partial charge in [0.1, 0.15) is 6.07 Å². The Morgan fingerprint density at radius 1 is 1.33 bits per heavy atom. The number of ether oxygens (including phenoxy) is 1. The smallest absolute Gasteiger partial charge is 0.101 e. The van der Waals surface area contributed by atoms with Crippen LogP contribution >= 0.6 is 0 Å². The fraction of sp³-hybridized carbons (Fsp3) is 0.588. The molecule has 1 aliphatic carbocycles. The molecule has 0 bridgehead atoms. The van der Waals surface area contributed by atoms with Crippen molar-refractivity contribution in [1.29, 1.82) is 5.26 Å². The zero-order valence-corrected chi connectivity index (χ0v) is 12.6. The van der Waals surface area contributed by atoms with E-state index in [-0.39, 0.29) is 0 Å². The van der Waals surface area contributed by atoms with Crippen LogP contribution in [0.5, 0.6) is 0 Å². The lowest BCUT2D eigenvalue weighted by Gasteiger charge is -2.27. The first-order valence-electron chi connectivity index (χ1n) is 7.71. The molecule has 1 aromatic rings. The number of hydrogen-bond donors (Lipinski definition) is 2. The van der Waals surface area contributed by atoms with E-state index in [9.17, 15) is 5.11 Å². The Labute approximate surface area is 126 Å². The van der Waals surface area contributed by atoms with Gasteiger partial charge in [-0.05, 0) is 43.7 Å². The van der Waals surface area contributed by atoms with Crippen molar-refractivity contribution >= 4 is 5.69 Å². The van der Waals surface area contributed by atoms with Gasteiger partial charge in [-0.25, -0.2) is 0 Å². The minimum absolute atomic E-state index is 0.294. The van der Waals surface area contributed by atoms with Crippen molar-refractivity contribution in [3.8, 4) is 6.07 Å². The molecule has 0 aromatic heterocycles. The van der Waals surface area contributed by atoms with Crippen LogP contribution in [0.4, 0.5) is 5.69 Å². The lowest BCUT2D eigenvalue weighted by atomic mass is 9.89. The monoisotopic (exact) mass is 288 g/mol. The molecule has 0 amide bonds. The topological polar surface area (TPSA) is 65.3 Å². The van der Waals surface area contributed by atoms with Gasteiger partial charge in [-0.2, -0.15) is 5.26 Å². The number of benzene rings is 1. The SMILES string of the molecule is CC1CCC(OCC(O)CNc2ccccc2C#N)CC1. The summed E-state index contributed by atoms with van der Waals surface area (Å²) < 4.78 is 5.78. The average molecular weight is 288 g/mol. The number of nitriles is 1. The first-order valence-corrected chi connectivity index (χ1v) is 7.71. The number of hydrogen-bond acceptors (Lipinski definition) is 4. The van der Waals surface area contributed by atoms with E-state index in [1.54, 1.807) is 6.07 Å². The van der Waals surface area contributed by atoms with Crippen LogP contribution in [-0.4, -0.2) is 30.5 Å². The molecule has 2 rings (SSSR count). The molecule has 1 saturated carbocycles. The second-order valence-electron chi connectivity index (χ2n) is 5.91. The van der Waals surface area contributed by atoms with E-state index in [0.29, 0.717) is 24.8 Å². The molecule has 4 heteroatoms. The van der Waals surface area contributed by atoms with E-state index < -0.39 is 6.10 Å². The van der Waals surface area contributed by atoms with Gasteiger partial charge >= 0.3 is 0 Å². The quantitative estimate of drug-likeness (QED) is 0.844. The molecule has 1 fully saturated rings. The standard InChI is InChI=1S/C17H24N2O2/c1-13-6-8-16(9-7-13)21-12-15(20)11-19-17-5-3-2-4-14(17)10-18/h2-5,13,15-16,19-20H,6-9,11-12H2,1H3. The number of anilines is 1. The summed E-state index contributed by atoms with van der Waals surface area (Å²) in [6.07, 6.45) is 4.36. The molecular weight excluding hydrogens is 264 g/mol. The molecule has 0 aliphatic heterocycles. The third-order valence-electron chi connectivity index (χ3n) is 4.06. The van der Waals surface area contributed by atoms with Gasteiger partial charge in [0.15, 0.2) is 0 Å². The summed E-state index contributed by atoms with van der Waals surface area (Å²) in [7, 11) is 0. The number of rotatable bonds is 6. The predicted molar refractivity (Wildman–Crippen MR) is 83.0 cm³/mol. The first kappa shape index (κ1) is 15.8. The van der Waals surface area contributed by atoms with Crippen LogP contribution in [0.15, 0.2) is 24.3 Å². The molecule has 1 aliphatic rings. The van der Waals surface area contributed by atoms with Crippen LogP contribution in [0, 0.1) is 17.2 Å². The zero-order chi connectivity index (χ0) is 15.1. The second kappa shape index (κ2) is 8.02. The Morgan fingerprint density at radius 3 is 2.76 bits per heavy atom. The fourth-order valence-electron chi connectivity index (χ4n) is 2.66. The fourth-order valence-corrected chi connectivity index (χ4v) is 2.66. The van der Waals surface area contributed by atoms with E-state index in [1.807, 2.05) is 18.2 Å². The largest absolute Gasteiger partial charge is 0.389 e. The van der Waals surface area contributed by atoms with Gasteiger partial charge in [0.2, 0.25) is 0 Å². The molecule has 0 saturated heterocycles. The minimum atomic E-state index is -0.559. The van der Waals surface area contributed by atoms with Crippen molar-refractivity contribution < 1.29 is 9.84 Å². The molecule has 114 valence electrons. The van der Waals surface area contributed by atoms with Crippen LogP contribution in [0.2, 0.25) is 0 Å². The molecule has 1 atom stereocenters. The summed E-state index contributed by atoms with van der Waals surface area (Å²) in [5, 5.41) is 22.1. The highest BCUT2D eigenvalue weighted by atomic mass is 16.5. The predicted octanol–water partition coefficient (Wildman–Crippen LogP) is 2.93. The van der Waals surface area contributed by atoms with E-state index in [1.165, 1.54) is 12.8 Å². The van der Waals surface area contributed by atoms with E-state index >= 15 is 0 Å². The van der Waals surface area contributed by atoms with Crippen molar-refractivity contribution in [2.75, 3.05) is 18.5 Å². The highest BCUT2D eigenvalue weighted by Gasteiger charge is 2.19. The van der Waals surface area contributed by atoms with Crippen molar-refractivity contribution in [2.24, 2.45) is 5.92 Å². The van der Waals surface area contributed by atoms with Gasteiger partial charge in [0.05, 0.1) is 30.1 Å². The van der Waals surface area contributed by atoms with Crippen molar-refractivity contribution in [3.05, 3.63) is 29.8 Å². The average Bonchev–Trinajstić information content (AvgIpc) is 2.52. The highest BCUT2D eigenvalue weighted by Crippen LogP contribution is 2.25. The number of aliphatic hydroxyl groups excluding tert-OH is 1. The summed E-state index contributed by atoms with van der Waals surface area (Å²) in [5.41, 5.74) is 1.34. The number of nitrogens with zero attached hydrogens (tertiary/aromatic N) is 1. The van der Waals surface area contributed by atoms with Crippen LogP contribution in [0.3, 0.4) is 0 Å². The Kier molecular flexibility index (Phi) is 6.04. The molecule has 0 radical (unpaired) electrons. The summed E-state index contributed by atoms with van der Waals surface area (Å²) in [6.45, 7) is 3.02. The number of para-hydroxylation sites is 1. The van der Waals surface area contributed by atoms with Gasteiger partial charge in [-0.3, -0.25) is 0 Å². The van der Waals surface area contributed by atoms with Gasteiger partial charge in [-0.15, -0.1) is 0 Å². The maximum atomic E-state index is 9.99. The van der Waals surface area contributed by atoms with Crippen LogP contribution in [0.25, 0.3) is 0 Å². The zero-order valence-electron chi connectivity index (χ0n) is 12.6. The van der Waals surface area contributed by atoms with Crippen LogP contribution in [-0.2, 0) is 4.74 Å². The third-order valence-corrected chi connectivity index (χ3v) is 4.06. The van der Waals surface area contributed by atoms with Gasteiger partial charge in [-0.1, -0.05) is 19.1 Å². The summed E-state index contributed by atoms with van der Waals surface area (Å²) in [6, 6.07) is 9.43. The first-order chi connectivity index (χ1) is 10.2. The Morgan fingerprint density at radius 2 is 2.05 bits per heavy atom. The Bertz CT molecular complexity index is 476. The maximum Gasteiger partial charge on any atom is 0.101 e. The van der Waals surface area contributed by atoms with Crippen LogP contribution < -0.4 is 5.32 Å². The van der Waals surface area contributed by atoms with E-state index in [2.05, 4.69) is 18.3 Å². The molecule has 0 heterocycles. The van der Waals surface area contributed by atoms with Gasteiger partial charge in [0.25, 0.3) is 0 Å². The molecule has 1 aromatic carbocycles. The third kappa shape index (κ3) is 5.04. The number of aliphatic hydroxyl groups is 1. The molecule has 2 N–H and O–H groups in total. The summed E-state index contributed by atoms with van der Waals surface area (Å²) >= 11 is 0.